The van der Waals surface area contributed by atoms with Crippen molar-refractivity contribution in [2.45, 2.75) is 12.3 Å². The third kappa shape index (κ3) is 1.23. The number of para-hydroxylation sites is 1. The normalized spacial score (nSPS) is 24.3. The maximum atomic E-state index is 10.8. The van der Waals surface area contributed by atoms with Gasteiger partial charge in [0.15, 0.2) is 0 Å². The minimum atomic E-state index is -0.677. The molecule has 0 spiro atoms. The van der Waals surface area contributed by atoms with Crippen LogP contribution in [0.1, 0.15) is 17.9 Å². The summed E-state index contributed by atoms with van der Waals surface area (Å²) < 4.78 is 0. The fraction of sp³-hybridized carbons (Fsp3) is 0.250. The minimum absolute atomic E-state index is 0.182. The van der Waals surface area contributed by atoms with E-state index < -0.39 is 5.97 Å². The van der Waals surface area contributed by atoms with Crippen molar-refractivity contribution in [3.05, 3.63) is 36.0 Å². The monoisotopic (exact) mass is 201 g/mol. The Labute approximate surface area is 86.7 Å². The van der Waals surface area contributed by atoms with Gasteiger partial charge in [0, 0.05) is 17.6 Å². The summed E-state index contributed by atoms with van der Waals surface area (Å²) in [6.07, 6.45) is 2.67. The summed E-state index contributed by atoms with van der Waals surface area (Å²) in [4.78, 5) is 14.0. The average molecular weight is 201 g/mol. The van der Waals surface area contributed by atoms with E-state index >= 15 is 0 Å². The lowest BCUT2D eigenvalue weighted by molar-refractivity contribution is -0.138. The average Bonchev–Trinajstić information content (AvgIpc) is 2.87. The third-order valence-corrected chi connectivity index (χ3v) is 3.13. The number of nitrogens with one attached hydrogen (secondary N) is 1. The molecule has 2 unspecified atom stereocenters. The van der Waals surface area contributed by atoms with Crippen molar-refractivity contribution in [2.24, 2.45) is 5.92 Å². The van der Waals surface area contributed by atoms with Gasteiger partial charge in [-0.25, -0.2) is 0 Å². The van der Waals surface area contributed by atoms with Crippen molar-refractivity contribution >= 4 is 16.9 Å². The molecule has 1 aromatic carbocycles. The maximum absolute atomic E-state index is 10.8. The van der Waals surface area contributed by atoms with E-state index in [-0.39, 0.29) is 11.8 Å². The van der Waals surface area contributed by atoms with Crippen LogP contribution in [0.3, 0.4) is 0 Å². The van der Waals surface area contributed by atoms with Gasteiger partial charge in [0.05, 0.1) is 5.92 Å². The van der Waals surface area contributed by atoms with Crippen LogP contribution in [0.5, 0.6) is 0 Å². The molecule has 1 aliphatic rings. The second kappa shape index (κ2) is 2.86. The number of hydrogen-bond acceptors (Lipinski definition) is 1. The molecule has 2 aromatic rings. The summed E-state index contributed by atoms with van der Waals surface area (Å²) in [6.45, 7) is 0. The minimum Gasteiger partial charge on any atom is -0.481 e. The van der Waals surface area contributed by atoms with Crippen LogP contribution in [0.2, 0.25) is 0 Å². The Bertz CT molecular complexity index is 529. The predicted octanol–water partition coefficient (Wildman–Crippen LogP) is 2.36. The van der Waals surface area contributed by atoms with Gasteiger partial charge in [0.1, 0.15) is 0 Å². The molecule has 0 amide bonds. The number of fused-ring (bicyclic) bond motifs is 1. The molecule has 1 saturated carbocycles. The lowest BCUT2D eigenvalue weighted by Gasteiger charge is -2.00. The first kappa shape index (κ1) is 8.53. The quantitative estimate of drug-likeness (QED) is 0.783. The van der Waals surface area contributed by atoms with E-state index in [0.717, 1.165) is 22.9 Å². The van der Waals surface area contributed by atoms with Gasteiger partial charge in [-0.1, -0.05) is 18.2 Å². The van der Waals surface area contributed by atoms with Gasteiger partial charge in [-0.3, -0.25) is 4.79 Å². The third-order valence-electron chi connectivity index (χ3n) is 3.13. The summed E-state index contributed by atoms with van der Waals surface area (Å²) in [7, 11) is 0. The zero-order chi connectivity index (χ0) is 10.4. The molecule has 2 atom stereocenters. The van der Waals surface area contributed by atoms with Gasteiger partial charge in [-0.2, -0.15) is 0 Å². The highest BCUT2D eigenvalue weighted by Crippen LogP contribution is 2.49. The van der Waals surface area contributed by atoms with Crippen LogP contribution in [0.4, 0.5) is 0 Å². The second-order valence-corrected chi connectivity index (χ2v) is 4.08. The van der Waals surface area contributed by atoms with Crippen molar-refractivity contribution in [2.75, 3.05) is 0 Å². The fourth-order valence-corrected chi connectivity index (χ4v) is 2.23. The highest BCUT2D eigenvalue weighted by molar-refractivity contribution is 5.85. The first-order valence-corrected chi connectivity index (χ1v) is 5.06. The topological polar surface area (TPSA) is 53.1 Å². The molecule has 0 saturated heterocycles. The van der Waals surface area contributed by atoms with E-state index in [1.54, 1.807) is 0 Å². The Morgan fingerprint density at radius 1 is 1.40 bits per heavy atom. The number of hydrogen-bond donors (Lipinski definition) is 2. The zero-order valence-corrected chi connectivity index (χ0v) is 8.10. The maximum Gasteiger partial charge on any atom is 0.307 e. The molecule has 1 heterocycles. The number of aromatic amines is 1. The number of carbonyl (C=O) groups is 1. The smallest absolute Gasteiger partial charge is 0.307 e. The molecule has 0 aliphatic heterocycles. The number of rotatable bonds is 2. The fourth-order valence-electron chi connectivity index (χ4n) is 2.23. The Hall–Kier alpha value is -1.77. The van der Waals surface area contributed by atoms with E-state index in [1.807, 2.05) is 30.5 Å². The van der Waals surface area contributed by atoms with E-state index in [0.29, 0.717) is 0 Å². The SMILES string of the molecule is O=C(O)C1CC1c1cccc2cc[nH]c12. The number of carboxylic acid groups (broad SMARTS) is 1. The molecule has 3 nitrogen and oxygen atoms in total. The van der Waals surface area contributed by atoms with Gasteiger partial charge in [-0.15, -0.1) is 0 Å². The van der Waals surface area contributed by atoms with Crippen LogP contribution in [-0.2, 0) is 4.79 Å². The second-order valence-electron chi connectivity index (χ2n) is 4.08. The number of aliphatic carboxylic acids is 1. The van der Waals surface area contributed by atoms with Gasteiger partial charge < -0.3 is 10.1 Å². The molecule has 2 N–H and O–H groups in total. The van der Waals surface area contributed by atoms with E-state index in [2.05, 4.69) is 4.98 Å². The van der Waals surface area contributed by atoms with Crippen molar-refractivity contribution in [3.63, 3.8) is 0 Å². The number of benzene rings is 1. The first-order valence-electron chi connectivity index (χ1n) is 5.06. The summed E-state index contributed by atoms with van der Waals surface area (Å²) in [5, 5.41) is 10.1. The van der Waals surface area contributed by atoms with Gasteiger partial charge >= 0.3 is 5.97 Å². The van der Waals surface area contributed by atoms with Crippen LogP contribution in [0.15, 0.2) is 30.5 Å². The van der Waals surface area contributed by atoms with Crippen LogP contribution >= 0.6 is 0 Å². The van der Waals surface area contributed by atoms with Crippen molar-refractivity contribution in [3.8, 4) is 0 Å². The summed E-state index contributed by atoms with van der Waals surface area (Å²) in [6, 6.07) is 8.06. The molecule has 15 heavy (non-hydrogen) atoms. The number of carboxylic acids is 1. The highest BCUT2D eigenvalue weighted by atomic mass is 16.4. The lowest BCUT2D eigenvalue weighted by atomic mass is 10.1. The zero-order valence-electron chi connectivity index (χ0n) is 8.10. The summed E-state index contributed by atoms with van der Waals surface area (Å²) in [5.74, 6) is -0.660. The molecule has 76 valence electrons. The van der Waals surface area contributed by atoms with Crippen molar-refractivity contribution in [1.29, 1.82) is 0 Å². The van der Waals surface area contributed by atoms with Crippen LogP contribution in [0, 0.1) is 5.92 Å². The number of aromatic nitrogens is 1. The van der Waals surface area contributed by atoms with Crippen LogP contribution < -0.4 is 0 Å². The molecular weight excluding hydrogens is 190 g/mol. The lowest BCUT2D eigenvalue weighted by Crippen LogP contribution is -1.99. The largest absolute Gasteiger partial charge is 0.481 e. The molecule has 0 radical (unpaired) electrons. The Kier molecular flexibility index (Phi) is 1.63. The van der Waals surface area contributed by atoms with Gasteiger partial charge in [0.2, 0.25) is 0 Å². The Morgan fingerprint density at radius 3 is 3.00 bits per heavy atom. The Balaban J connectivity index is 2.05. The Morgan fingerprint density at radius 2 is 2.27 bits per heavy atom. The predicted molar refractivity (Wildman–Crippen MR) is 56.8 cm³/mol. The molecule has 3 rings (SSSR count). The molecule has 1 aliphatic carbocycles. The van der Waals surface area contributed by atoms with Gasteiger partial charge in [-0.05, 0) is 23.4 Å². The van der Waals surface area contributed by atoms with E-state index in [9.17, 15) is 4.79 Å². The molecule has 3 heteroatoms. The first-order chi connectivity index (χ1) is 7.27. The highest BCUT2D eigenvalue weighted by Gasteiger charge is 2.44. The molecule has 1 fully saturated rings. The van der Waals surface area contributed by atoms with E-state index in [4.69, 9.17) is 5.11 Å². The standard InChI is InChI=1S/C12H11NO2/c14-12(15)10-6-9(10)8-3-1-2-7-4-5-13-11(7)8/h1-5,9-10,13H,6H2,(H,14,15). The molecule has 1 aromatic heterocycles. The number of H-pyrrole nitrogens is 1. The van der Waals surface area contributed by atoms with Crippen LogP contribution in [0.25, 0.3) is 10.9 Å². The van der Waals surface area contributed by atoms with Crippen molar-refractivity contribution in [1.82, 2.24) is 4.98 Å². The summed E-state index contributed by atoms with van der Waals surface area (Å²) in [5.41, 5.74) is 2.23. The van der Waals surface area contributed by atoms with Crippen molar-refractivity contribution < 1.29 is 9.90 Å². The molecular formula is C12H11NO2. The summed E-state index contributed by atoms with van der Waals surface area (Å²) >= 11 is 0. The van der Waals surface area contributed by atoms with Crippen LogP contribution in [-0.4, -0.2) is 16.1 Å². The van der Waals surface area contributed by atoms with E-state index in [1.165, 1.54) is 0 Å². The molecule has 0 bridgehead atoms. The van der Waals surface area contributed by atoms with Gasteiger partial charge in [0.25, 0.3) is 0 Å².